The summed E-state index contributed by atoms with van der Waals surface area (Å²) in [6.07, 6.45) is 0. The summed E-state index contributed by atoms with van der Waals surface area (Å²) < 4.78 is 13.3. The van der Waals surface area contributed by atoms with Gasteiger partial charge in [-0.2, -0.15) is 0 Å². The number of hydrogen-bond acceptors (Lipinski definition) is 6. The van der Waals surface area contributed by atoms with Gasteiger partial charge in [0.05, 0.1) is 29.8 Å². The Kier molecular flexibility index (Phi) is 5.35. The van der Waals surface area contributed by atoms with Crippen molar-refractivity contribution in [1.82, 2.24) is 4.90 Å². The van der Waals surface area contributed by atoms with Crippen molar-refractivity contribution in [2.45, 2.75) is 0 Å². The molecule has 0 unspecified atom stereocenters. The summed E-state index contributed by atoms with van der Waals surface area (Å²) in [5, 5.41) is 28.4. The molecule has 9 heteroatoms. The number of carbonyl (C=O) groups excluding carboxylic acids is 1. The number of nitrogens with two attached hydrogens (primary N) is 1. The topological polar surface area (TPSA) is 130 Å². The van der Waals surface area contributed by atoms with Gasteiger partial charge in [0.2, 0.25) is 0 Å². The number of aliphatic hydroxyl groups is 2. The summed E-state index contributed by atoms with van der Waals surface area (Å²) in [6.45, 7) is -0.960. The number of nitro benzene ring substituents is 1. The Balaban J connectivity index is 3.23. The molecule has 0 bridgehead atoms. The van der Waals surface area contributed by atoms with Crippen molar-refractivity contribution in [3.63, 3.8) is 0 Å². The van der Waals surface area contributed by atoms with E-state index in [1.807, 2.05) is 0 Å². The standard InChI is InChI=1S/C11H14FN3O5/c12-7-5-8(10(13)9(6-7)15(19)20)11(18)14(1-3-16)2-4-17/h5-6,16-17H,1-4,13H2. The zero-order valence-electron chi connectivity index (χ0n) is 10.5. The maximum atomic E-state index is 13.3. The highest BCUT2D eigenvalue weighted by atomic mass is 19.1. The minimum atomic E-state index is -0.970. The molecule has 0 saturated heterocycles. The second-order valence-corrected chi connectivity index (χ2v) is 3.88. The molecule has 8 nitrogen and oxygen atoms in total. The molecule has 4 N–H and O–H groups in total. The van der Waals surface area contributed by atoms with Crippen LogP contribution < -0.4 is 5.73 Å². The van der Waals surface area contributed by atoms with Crippen LogP contribution >= 0.6 is 0 Å². The molecule has 1 amide bonds. The summed E-state index contributed by atoms with van der Waals surface area (Å²) >= 11 is 0. The van der Waals surface area contributed by atoms with E-state index in [1.165, 1.54) is 0 Å². The second kappa shape index (κ2) is 6.78. The number of carbonyl (C=O) groups is 1. The molecule has 0 heterocycles. The molecule has 0 spiro atoms. The Labute approximate surface area is 113 Å². The number of anilines is 1. The van der Waals surface area contributed by atoms with Gasteiger partial charge >= 0.3 is 0 Å². The van der Waals surface area contributed by atoms with Gasteiger partial charge in [-0.1, -0.05) is 0 Å². The molecule has 0 saturated carbocycles. The Morgan fingerprint density at radius 1 is 1.35 bits per heavy atom. The fourth-order valence-electron chi connectivity index (χ4n) is 1.66. The van der Waals surface area contributed by atoms with E-state index in [0.717, 1.165) is 11.0 Å². The highest BCUT2D eigenvalue weighted by Gasteiger charge is 2.24. The Morgan fingerprint density at radius 2 is 1.90 bits per heavy atom. The summed E-state index contributed by atoms with van der Waals surface area (Å²) in [7, 11) is 0. The van der Waals surface area contributed by atoms with Crippen molar-refractivity contribution in [1.29, 1.82) is 0 Å². The van der Waals surface area contributed by atoms with E-state index in [0.29, 0.717) is 6.07 Å². The van der Waals surface area contributed by atoms with Crippen molar-refractivity contribution in [3.8, 4) is 0 Å². The lowest BCUT2D eigenvalue weighted by molar-refractivity contribution is -0.384. The number of nitrogens with zero attached hydrogens (tertiary/aromatic N) is 2. The minimum absolute atomic E-state index is 0.108. The van der Waals surface area contributed by atoms with E-state index in [9.17, 15) is 19.3 Å². The van der Waals surface area contributed by atoms with Crippen LogP contribution in [0.5, 0.6) is 0 Å². The quantitative estimate of drug-likeness (QED) is 0.375. The van der Waals surface area contributed by atoms with E-state index in [2.05, 4.69) is 0 Å². The van der Waals surface area contributed by atoms with Gasteiger partial charge in [-0.05, 0) is 6.07 Å². The third-order valence-electron chi connectivity index (χ3n) is 2.58. The van der Waals surface area contributed by atoms with Gasteiger partial charge in [-0.15, -0.1) is 0 Å². The van der Waals surface area contributed by atoms with E-state index >= 15 is 0 Å². The summed E-state index contributed by atoms with van der Waals surface area (Å²) in [4.78, 5) is 23.0. The fraction of sp³-hybridized carbons (Fsp3) is 0.364. The lowest BCUT2D eigenvalue weighted by Gasteiger charge is -2.21. The third-order valence-corrected chi connectivity index (χ3v) is 2.58. The van der Waals surface area contributed by atoms with Crippen molar-refractivity contribution in [2.24, 2.45) is 0 Å². The molecule has 110 valence electrons. The largest absolute Gasteiger partial charge is 0.395 e. The molecule has 0 aliphatic carbocycles. The normalized spacial score (nSPS) is 10.3. The SMILES string of the molecule is Nc1c(C(=O)N(CCO)CCO)cc(F)cc1[N+](=O)[O-]. The minimum Gasteiger partial charge on any atom is -0.395 e. The lowest BCUT2D eigenvalue weighted by atomic mass is 10.1. The molecule has 1 aromatic rings. The second-order valence-electron chi connectivity index (χ2n) is 3.88. The summed E-state index contributed by atoms with van der Waals surface area (Å²) in [5.41, 5.74) is 3.96. The van der Waals surface area contributed by atoms with Crippen molar-refractivity contribution >= 4 is 17.3 Å². The molecule has 0 aliphatic heterocycles. The zero-order valence-corrected chi connectivity index (χ0v) is 10.5. The van der Waals surface area contributed by atoms with Gasteiger partial charge in [-0.25, -0.2) is 4.39 Å². The van der Waals surface area contributed by atoms with Crippen LogP contribution in [-0.2, 0) is 0 Å². The molecule has 0 fully saturated rings. The maximum absolute atomic E-state index is 13.3. The molecule has 1 aromatic carbocycles. The van der Waals surface area contributed by atoms with Crippen LogP contribution in [-0.4, -0.2) is 52.2 Å². The predicted molar refractivity (Wildman–Crippen MR) is 67.5 cm³/mol. The van der Waals surface area contributed by atoms with Crippen LogP contribution in [0.15, 0.2) is 12.1 Å². The van der Waals surface area contributed by atoms with Gasteiger partial charge < -0.3 is 20.8 Å². The highest BCUT2D eigenvalue weighted by molar-refractivity contribution is 6.01. The van der Waals surface area contributed by atoms with E-state index in [1.54, 1.807) is 0 Å². The average Bonchev–Trinajstić information content (AvgIpc) is 2.39. The number of benzene rings is 1. The van der Waals surface area contributed by atoms with Crippen molar-refractivity contribution < 1.29 is 24.3 Å². The molecule has 0 atom stereocenters. The van der Waals surface area contributed by atoms with Gasteiger partial charge in [-0.3, -0.25) is 14.9 Å². The molecule has 0 aromatic heterocycles. The van der Waals surface area contributed by atoms with Crippen LogP contribution in [0, 0.1) is 15.9 Å². The van der Waals surface area contributed by atoms with E-state index in [4.69, 9.17) is 15.9 Å². The lowest BCUT2D eigenvalue weighted by Crippen LogP contribution is -2.36. The molecular weight excluding hydrogens is 273 g/mol. The average molecular weight is 287 g/mol. The van der Waals surface area contributed by atoms with Crippen LogP contribution in [0.25, 0.3) is 0 Å². The summed E-state index contributed by atoms with van der Waals surface area (Å²) in [5.74, 6) is -1.77. The fourth-order valence-corrected chi connectivity index (χ4v) is 1.66. The van der Waals surface area contributed by atoms with Crippen molar-refractivity contribution in [2.75, 3.05) is 32.0 Å². The molecule has 0 radical (unpaired) electrons. The Bertz CT molecular complexity index is 517. The number of hydrogen-bond donors (Lipinski definition) is 3. The van der Waals surface area contributed by atoms with Gasteiger partial charge in [0.15, 0.2) is 0 Å². The first-order chi connectivity index (χ1) is 9.42. The molecular formula is C11H14FN3O5. The highest BCUT2D eigenvalue weighted by Crippen LogP contribution is 2.27. The number of nitro groups is 1. The van der Waals surface area contributed by atoms with E-state index in [-0.39, 0.29) is 31.9 Å². The van der Waals surface area contributed by atoms with Gasteiger partial charge in [0.1, 0.15) is 11.5 Å². The number of amides is 1. The molecule has 1 rings (SSSR count). The van der Waals surface area contributed by atoms with Gasteiger partial charge in [0, 0.05) is 13.1 Å². The number of aliphatic hydroxyl groups excluding tert-OH is 2. The first-order valence-corrected chi connectivity index (χ1v) is 5.66. The van der Waals surface area contributed by atoms with Gasteiger partial charge in [0.25, 0.3) is 11.6 Å². The Hall–Kier alpha value is -2.26. The zero-order chi connectivity index (χ0) is 15.3. The third kappa shape index (κ3) is 3.39. The first kappa shape index (κ1) is 15.8. The molecule has 0 aliphatic rings. The van der Waals surface area contributed by atoms with Crippen LogP contribution in [0.2, 0.25) is 0 Å². The van der Waals surface area contributed by atoms with Crippen LogP contribution in [0.3, 0.4) is 0 Å². The number of nitrogen functional groups attached to an aromatic ring is 1. The van der Waals surface area contributed by atoms with Crippen molar-refractivity contribution in [3.05, 3.63) is 33.6 Å². The monoisotopic (exact) mass is 287 g/mol. The predicted octanol–water partition coefficient (Wildman–Crippen LogP) is -0.257. The smallest absolute Gasteiger partial charge is 0.295 e. The number of halogens is 1. The van der Waals surface area contributed by atoms with Crippen LogP contribution in [0.1, 0.15) is 10.4 Å². The van der Waals surface area contributed by atoms with Crippen LogP contribution in [0.4, 0.5) is 15.8 Å². The Morgan fingerprint density at radius 3 is 2.35 bits per heavy atom. The molecule has 20 heavy (non-hydrogen) atoms. The first-order valence-electron chi connectivity index (χ1n) is 5.66. The van der Waals surface area contributed by atoms with E-state index < -0.39 is 28.0 Å². The number of rotatable bonds is 6. The maximum Gasteiger partial charge on any atom is 0.295 e. The summed E-state index contributed by atoms with van der Waals surface area (Å²) in [6, 6.07) is 1.40.